The van der Waals surface area contributed by atoms with Crippen LogP contribution in [0.5, 0.6) is 5.75 Å². The zero-order valence-corrected chi connectivity index (χ0v) is 10.2. The standard InChI is InChI=1S/C14H14N2O/c1-4-17-14-11(3)5-10(2)6-13(14)7-12(8-15)9-16/h5-7H,4H2,1-3H3. The number of allylic oxidation sites excluding steroid dienone is 1. The molecule has 0 atom stereocenters. The summed E-state index contributed by atoms with van der Waals surface area (Å²) >= 11 is 0. The first kappa shape index (κ1) is 12.8. The van der Waals surface area contributed by atoms with Gasteiger partial charge in [0.2, 0.25) is 0 Å². The SMILES string of the molecule is CCOc1c(C)cc(C)cc1C=C(C#N)C#N. The predicted molar refractivity (Wildman–Crippen MR) is 66.3 cm³/mol. The molecule has 0 amide bonds. The maximum absolute atomic E-state index is 8.77. The van der Waals surface area contributed by atoms with Gasteiger partial charge in [0.15, 0.2) is 0 Å². The summed E-state index contributed by atoms with van der Waals surface area (Å²) in [7, 11) is 0. The van der Waals surface area contributed by atoms with E-state index in [0.717, 1.165) is 22.4 Å². The van der Waals surface area contributed by atoms with E-state index in [1.807, 2.05) is 45.0 Å². The van der Waals surface area contributed by atoms with Crippen molar-refractivity contribution in [3.8, 4) is 17.9 Å². The van der Waals surface area contributed by atoms with Crippen LogP contribution < -0.4 is 4.74 Å². The highest BCUT2D eigenvalue weighted by atomic mass is 16.5. The van der Waals surface area contributed by atoms with E-state index < -0.39 is 0 Å². The molecule has 0 aliphatic heterocycles. The average molecular weight is 226 g/mol. The second-order valence-electron chi connectivity index (χ2n) is 3.71. The van der Waals surface area contributed by atoms with Crippen LogP contribution in [0.25, 0.3) is 6.08 Å². The third kappa shape index (κ3) is 3.09. The lowest BCUT2D eigenvalue weighted by molar-refractivity contribution is 0.337. The van der Waals surface area contributed by atoms with E-state index in [9.17, 15) is 0 Å². The molecule has 0 unspecified atom stereocenters. The quantitative estimate of drug-likeness (QED) is 0.744. The van der Waals surface area contributed by atoms with Crippen LogP contribution in [0.3, 0.4) is 0 Å². The molecule has 0 fully saturated rings. The van der Waals surface area contributed by atoms with Crippen molar-refractivity contribution in [3.63, 3.8) is 0 Å². The Morgan fingerprint density at radius 3 is 2.47 bits per heavy atom. The Morgan fingerprint density at radius 2 is 1.94 bits per heavy atom. The van der Waals surface area contributed by atoms with Crippen LogP contribution in [0.2, 0.25) is 0 Å². The summed E-state index contributed by atoms with van der Waals surface area (Å²) in [4.78, 5) is 0. The number of nitriles is 2. The molecule has 3 heteroatoms. The van der Waals surface area contributed by atoms with Gasteiger partial charge in [-0.25, -0.2) is 0 Å². The molecule has 0 aliphatic carbocycles. The Kier molecular flexibility index (Phi) is 4.31. The molecule has 3 nitrogen and oxygen atoms in total. The highest BCUT2D eigenvalue weighted by Gasteiger charge is 2.07. The summed E-state index contributed by atoms with van der Waals surface area (Å²) < 4.78 is 5.55. The normalized spacial score (nSPS) is 9.00. The second-order valence-corrected chi connectivity index (χ2v) is 3.71. The molecule has 0 spiro atoms. The van der Waals surface area contributed by atoms with Gasteiger partial charge in [-0.05, 0) is 38.5 Å². The number of ether oxygens (including phenoxy) is 1. The zero-order valence-electron chi connectivity index (χ0n) is 10.2. The minimum atomic E-state index is 0.0796. The van der Waals surface area contributed by atoms with Gasteiger partial charge in [0.1, 0.15) is 23.5 Å². The molecule has 17 heavy (non-hydrogen) atoms. The Hall–Kier alpha value is -2.26. The topological polar surface area (TPSA) is 56.8 Å². The lowest BCUT2D eigenvalue weighted by atomic mass is 10.0. The van der Waals surface area contributed by atoms with Crippen molar-refractivity contribution in [2.24, 2.45) is 0 Å². The first-order valence-electron chi connectivity index (χ1n) is 5.38. The maximum Gasteiger partial charge on any atom is 0.130 e. The number of hydrogen-bond donors (Lipinski definition) is 0. The molecular weight excluding hydrogens is 212 g/mol. The third-order valence-electron chi connectivity index (χ3n) is 2.28. The molecule has 1 aromatic rings. The van der Waals surface area contributed by atoms with Crippen LogP contribution in [0, 0.1) is 36.5 Å². The minimum absolute atomic E-state index is 0.0796. The largest absolute Gasteiger partial charge is 0.493 e. The lowest BCUT2D eigenvalue weighted by Gasteiger charge is -2.11. The van der Waals surface area contributed by atoms with Gasteiger partial charge in [-0.3, -0.25) is 0 Å². The van der Waals surface area contributed by atoms with Crippen LogP contribution >= 0.6 is 0 Å². The van der Waals surface area contributed by atoms with Gasteiger partial charge < -0.3 is 4.74 Å². The van der Waals surface area contributed by atoms with Crippen molar-refractivity contribution in [1.29, 1.82) is 10.5 Å². The van der Waals surface area contributed by atoms with Crippen molar-refractivity contribution >= 4 is 6.08 Å². The molecule has 0 aromatic heterocycles. The van der Waals surface area contributed by atoms with E-state index >= 15 is 0 Å². The van der Waals surface area contributed by atoms with Crippen molar-refractivity contribution in [2.45, 2.75) is 20.8 Å². The zero-order chi connectivity index (χ0) is 12.8. The molecular formula is C14H14N2O. The fourth-order valence-electron chi connectivity index (χ4n) is 1.68. The predicted octanol–water partition coefficient (Wildman–Crippen LogP) is 3.13. The molecule has 0 radical (unpaired) electrons. The fraction of sp³-hybridized carbons (Fsp3) is 0.286. The van der Waals surface area contributed by atoms with Gasteiger partial charge in [0.25, 0.3) is 0 Å². The number of aryl methyl sites for hydroxylation is 2. The van der Waals surface area contributed by atoms with E-state index in [4.69, 9.17) is 15.3 Å². The Balaban J connectivity index is 3.37. The van der Waals surface area contributed by atoms with Crippen molar-refractivity contribution in [3.05, 3.63) is 34.4 Å². The van der Waals surface area contributed by atoms with E-state index in [2.05, 4.69) is 0 Å². The van der Waals surface area contributed by atoms with Gasteiger partial charge in [-0.2, -0.15) is 10.5 Å². The van der Waals surface area contributed by atoms with Crippen LogP contribution in [0.15, 0.2) is 17.7 Å². The molecule has 0 N–H and O–H groups in total. The molecule has 0 saturated carbocycles. The van der Waals surface area contributed by atoms with Gasteiger partial charge in [-0.1, -0.05) is 11.6 Å². The Morgan fingerprint density at radius 1 is 1.29 bits per heavy atom. The maximum atomic E-state index is 8.77. The van der Waals surface area contributed by atoms with Crippen LogP contribution in [-0.4, -0.2) is 6.61 Å². The molecule has 1 aromatic carbocycles. The van der Waals surface area contributed by atoms with E-state index in [1.54, 1.807) is 6.08 Å². The van der Waals surface area contributed by atoms with Crippen LogP contribution in [0.4, 0.5) is 0 Å². The number of hydrogen-bond acceptors (Lipinski definition) is 3. The molecule has 1 rings (SSSR count). The smallest absolute Gasteiger partial charge is 0.130 e. The third-order valence-corrected chi connectivity index (χ3v) is 2.28. The molecule has 0 heterocycles. The van der Waals surface area contributed by atoms with Crippen LogP contribution in [-0.2, 0) is 0 Å². The van der Waals surface area contributed by atoms with E-state index in [1.165, 1.54) is 0 Å². The number of nitrogens with zero attached hydrogens (tertiary/aromatic N) is 2. The molecule has 0 bridgehead atoms. The van der Waals surface area contributed by atoms with Gasteiger partial charge >= 0.3 is 0 Å². The monoisotopic (exact) mass is 226 g/mol. The summed E-state index contributed by atoms with van der Waals surface area (Å²) in [6.45, 7) is 6.38. The second kappa shape index (κ2) is 5.72. The van der Waals surface area contributed by atoms with E-state index in [-0.39, 0.29) is 5.57 Å². The summed E-state index contributed by atoms with van der Waals surface area (Å²) in [6, 6.07) is 7.63. The van der Waals surface area contributed by atoms with Crippen molar-refractivity contribution < 1.29 is 4.74 Å². The highest BCUT2D eigenvalue weighted by Crippen LogP contribution is 2.27. The number of benzene rings is 1. The number of rotatable bonds is 3. The first-order chi connectivity index (χ1) is 8.12. The van der Waals surface area contributed by atoms with Gasteiger partial charge in [0, 0.05) is 5.56 Å². The van der Waals surface area contributed by atoms with Gasteiger partial charge in [-0.15, -0.1) is 0 Å². The van der Waals surface area contributed by atoms with Gasteiger partial charge in [0.05, 0.1) is 6.61 Å². The van der Waals surface area contributed by atoms with Crippen molar-refractivity contribution in [2.75, 3.05) is 6.61 Å². The molecule has 86 valence electrons. The van der Waals surface area contributed by atoms with Crippen molar-refractivity contribution in [1.82, 2.24) is 0 Å². The Labute approximate surface area is 102 Å². The average Bonchev–Trinajstić information content (AvgIpc) is 2.30. The summed E-state index contributed by atoms with van der Waals surface area (Å²) in [5.41, 5.74) is 2.94. The van der Waals surface area contributed by atoms with Crippen LogP contribution in [0.1, 0.15) is 23.6 Å². The fourth-order valence-corrected chi connectivity index (χ4v) is 1.68. The molecule has 0 saturated heterocycles. The lowest BCUT2D eigenvalue weighted by Crippen LogP contribution is -1.97. The summed E-state index contributed by atoms with van der Waals surface area (Å²) in [5, 5.41) is 17.5. The molecule has 0 aliphatic rings. The highest BCUT2D eigenvalue weighted by molar-refractivity contribution is 5.68. The minimum Gasteiger partial charge on any atom is -0.493 e. The Bertz CT molecular complexity index is 514. The van der Waals surface area contributed by atoms with E-state index in [0.29, 0.717) is 6.61 Å². The summed E-state index contributed by atoms with van der Waals surface area (Å²) in [6.07, 6.45) is 1.56. The first-order valence-corrected chi connectivity index (χ1v) is 5.38. The summed E-state index contributed by atoms with van der Waals surface area (Å²) in [5.74, 6) is 0.737.